The second kappa shape index (κ2) is 7.02. The van der Waals surface area contributed by atoms with Crippen LogP contribution in [0.2, 0.25) is 0 Å². The van der Waals surface area contributed by atoms with Crippen molar-refractivity contribution in [1.29, 1.82) is 0 Å². The Labute approximate surface area is 149 Å². The fourth-order valence-electron chi connectivity index (χ4n) is 2.42. The third kappa shape index (κ3) is 3.69. The molecule has 8 heteroatoms. The molecule has 0 atom stereocenters. The van der Waals surface area contributed by atoms with E-state index in [4.69, 9.17) is 0 Å². The molecule has 0 fully saturated rings. The third-order valence-electron chi connectivity index (χ3n) is 3.66. The Morgan fingerprint density at radius 2 is 1.96 bits per heavy atom. The fraction of sp³-hybridized carbons (Fsp3) is 0.118. The molecule has 0 aliphatic heterocycles. The topological polar surface area (TPSA) is 84.0 Å². The van der Waals surface area contributed by atoms with E-state index in [2.05, 4.69) is 26.2 Å². The first kappa shape index (κ1) is 17.1. The maximum atomic E-state index is 13.7. The van der Waals surface area contributed by atoms with Crippen LogP contribution >= 0.6 is 15.9 Å². The van der Waals surface area contributed by atoms with E-state index in [1.54, 1.807) is 30.3 Å². The molecule has 0 radical (unpaired) electrons. The molecule has 3 aromatic rings. The Morgan fingerprint density at radius 1 is 1.20 bits per heavy atom. The number of nitrogens with one attached hydrogen (secondary N) is 2. The van der Waals surface area contributed by atoms with E-state index in [0.29, 0.717) is 15.4 Å². The average Bonchev–Trinajstić information content (AvgIpc) is 2.57. The van der Waals surface area contributed by atoms with E-state index in [1.165, 1.54) is 12.1 Å². The number of benzene rings is 2. The van der Waals surface area contributed by atoms with E-state index in [9.17, 15) is 18.8 Å². The first-order valence-corrected chi connectivity index (χ1v) is 8.22. The lowest BCUT2D eigenvalue weighted by Gasteiger charge is -2.08. The predicted molar refractivity (Wildman–Crippen MR) is 96.2 cm³/mol. The van der Waals surface area contributed by atoms with Crippen molar-refractivity contribution in [1.82, 2.24) is 9.55 Å². The van der Waals surface area contributed by atoms with Crippen molar-refractivity contribution in [3.63, 3.8) is 0 Å². The number of carbonyl (C=O) groups is 1. The van der Waals surface area contributed by atoms with Gasteiger partial charge in [0.1, 0.15) is 5.82 Å². The fourth-order valence-corrected chi connectivity index (χ4v) is 2.75. The van der Waals surface area contributed by atoms with Gasteiger partial charge in [-0.3, -0.25) is 14.2 Å². The minimum Gasteiger partial charge on any atom is -0.324 e. The highest BCUT2D eigenvalue weighted by Gasteiger charge is 2.11. The summed E-state index contributed by atoms with van der Waals surface area (Å²) in [6.45, 7) is -0.108. The summed E-state index contributed by atoms with van der Waals surface area (Å²) in [7, 11) is 0. The molecule has 2 aromatic carbocycles. The summed E-state index contributed by atoms with van der Waals surface area (Å²) in [5, 5.41) is 2.78. The number of hydrogen-bond donors (Lipinski definition) is 2. The summed E-state index contributed by atoms with van der Waals surface area (Å²) in [5.41, 5.74) is -0.587. The van der Waals surface area contributed by atoms with Crippen molar-refractivity contribution < 1.29 is 9.18 Å². The highest BCUT2D eigenvalue weighted by molar-refractivity contribution is 9.10. The summed E-state index contributed by atoms with van der Waals surface area (Å²) in [6.07, 6.45) is -0.142. The van der Waals surface area contributed by atoms with Gasteiger partial charge in [0, 0.05) is 17.4 Å². The lowest BCUT2D eigenvalue weighted by molar-refractivity contribution is -0.116. The maximum Gasteiger partial charge on any atom is 0.328 e. The average molecular weight is 406 g/mol. The Balaban J connectivity index is 1.77. The molecule has 0 spiro atoms. The molecule has 128 valence electrons. The number of halogens is 2. The number of carbonyl (C=O) groups excluding carboxylic acids is 1. The normalized spacial score (nSPS) is 10.8. The van der Waals surface area contributed by atoms with Crippen LogP contribution in [-0.2, 0) is 11.3 Å². The Bertz CT molecular complexity index is 1070. The molecule has 25 heavy (non-hydrogen) atoms. The van der Waals surface area contributed by atoms with Crippen LogP contribution in [0, 0.1) is 5.82 Å². The summed E-state index contributed by atoms with van der Waals surface area (Å²) in [6, 6.07) is 10.9. The van der Waals surface area contributed by atoms with Crippen molar-refractivity contribution in [2.75, 3.05) is 5.32 Å². The second-order valence-electron chi connectivity index (χ2n) is 5.35. The number of para-hydroxylation sites is 1. The lowest BCUT2D eigenvalue weighted by Crippen LogP contribution is -2.36. The number of H-pyrrole nitrogens is 1. The predicted octanol–water partition coefficient (Wildman–Crippen LogP) is 2.62. The van der Waals surface area contributed by atoms with Gasteiger partial charge in [0.25, 0.3) is 5.56 Å². The molecule has 0 bridgehead atoms. The van der Waals surface area contributed by atoms with Crippen LogP contribution in [0.3, 0.4) is 0 Å². The largest absolute Gasteiger partial charge is 0.328 e. The van der Waals surface area contributed by atoms with Gasteiger partial charge >= 0.3 is 5.69 Å². The zero-order valence-electron chi connectivity index (χ0n) is 12.9. The molecule has 0 aliphatic carbocycles. The Kier molecular flexibility index (Phi) is 4.80. The zero-order chi connectivity index (χ0) is 18.0. The van der Waals surface area contributed by atoms with Crippen molar-refractivity contribution in [3.05, 3.63) is 73.6 Å². The first-order chi connectivity index (χ1) is 12.0. The van der Waals surface area contributed by atoms with E-state index in [0.717, 1.165) is 4.57 Å². The lowest BCUT2D eigenvalue weighted by atomic mass is 10.2. The summed E-state index contributed by atoms with van der Waals surface area (Å²) in [4.78, 5) is 39.0. The molecule has 0 aliphatic rings. The molecule has 6 nitrogen and oxygen atoms in total. The standard InChI is InChI=1S/C17H13BrFN3O3/c18-10-5-6-14(12(19)9-10)20-15(23)7-8-22-16(24)11-3-1-2-4-13(11)21-17(22)25/h1-6,9H,7-8H2,(H,20,23)(H,21,25). The van der Waals surface area contributed by atoms with E-state index < -0.39 is 23.0 Å². The second-order valence-corrected chi connectivity index (χ2v) is 6.27. The van der Waals surface area contributed by atoms with Crippen LogP contribution in [0.5, 0.6) is 0 Å². The number of amides is 1. The van der Waals surface area contributed by atoms with E-state index in [-0.39, 0.29) is 18.7 Å². The van der Waals surface area contributed by atoms with E-state index in [1.807, 2.05) is 0 Å². The van der Waals surface area contributed by atoms with Gasteiger partial charge in [-0.1, -0.05) is 28.1 Å². The molecule has 1 heterocycles. The number of hydrogen-bond acceptors (Lipinski definition) is 3. The molecule has 0 unspecified atom stereocenters. The van der Waals surface area contributed by atoms with Crippen molar-refractivity contribution in [2.45, 2.75) is 13.0 Å². The van der Waals surface area contributed by atoms with Gasteiger partial charge in [0.2, 0.25) is 5.91 Å². The molecular weight excluding hydrogens is 393 g/mol. The van der Waals surface area contributed by atoms with Crippen LogP contribution in [-0.4, -0.2) is 15.5 Å². The molecule has 0 saturated carbocycles. The van der Waals surface area contributed by atoms with Crippen LogP contribution < -0.4 is 16.6 Å². The van der Waals surface area contributed by atoms with Crippen LogP contribution in [0.1, 0.15) is 6.42 Å². The maximum absolute atomic E-state index is 13.7. The number of nitrogens with zero attached hydrogens (tertiary/aromatic N) is 1. The van der Waals surface area contributed by atoms with Crippen molar-refractivity contribution in [2.24, 2.45) is 0 Å². The number of anilines is 1. The number of fused-ring (bicyclic) bond motifs is 1. The van der Waals surface area contributed by atoms with Crippen molar-refractivity contribution >= 4 is 38.4 Å². The van der Waals surface area contributed by atoms with Crippen LogP contribution in [0.25, 0.3) is 10.9 Å². The molecular formula is C17H13BrFN3O3. The van der Waals surface area contributed by atoms with Gasteiger partial charge in [0.05, 0.1) is 16.6 Å². The Hall–Kier alpha value is -2.74. The SMILES string of the molecule is O=C(CCn1c(=O)[nH]c2ccccc2c1=O)Nc1ccc(Br)cc1F. The minimum atomic E-state index is -0.591. The van der Waals surface area contributed by atoms with Crippen LogP contribution in [0.4, 0.5) is 10.1 Å². The monoisotopic (exact) mass is 405 g/mol. The van der Waals surface area contributed by atoms with E-state index >= 15 is 0 Å². The number of aromatic nitrogens is 2. The van der Waals surface area contributed by atoms with Gasteiger partial charge in [-0.2, -0.15) is 0 Å². The van der Waals surface area contributed by atoms with Crippen molar-refractivity contribution in [3.8, 4) is 0 Å². The van der Waals surface area contributed by atoms with Gasteiger partial charge < -0.3 is 10.3 Å². The first-order valence-electron chi connectivity index (χ1n) is 7.42. The zero-order valence-corrected chi connectivity index (χ0v) is 14.5. The molecule has 1 aromatic heterocycles. The number of aromatic amines is 1. The van der Waals surface area contributed by atoms with Gasteiger partial charge in [-0.15, -0.1) is 0 Å². The highest BCUT2D eigenvalue weighted by atomic mass is 79.9. The summed E-state index contributed by atoms with van der Waals surface area (Å²) in [5.74, 6) is -1.08. The molecule has 1 amide bonds. The molecule has 0 saturated heterocycles. The quantitative estimate of drug-likeness (QED) is 0.699. The minimum absolute atomic E-state index is 0.0352. The van der Waals surface area contributed by atoms with Gasteiger partial charge in [-0.05, 0) is 30.3 Å². The van der Waals surface area contributed by atoms with Gasteiger partial charge in [-0.25, -0.2) is 9.18 Å². The smallest absolute Gasteiger partial charge is 0.324 e. The summed E-state index contributed by atoms with van der Waals surface area (Å²) < 4.78 is 15.2. The highest BCUT2D eigenvalue weighted by Crippen LogP contribution is 2.19. The number of rotatable bonds is 4. The van der Waals surface area contributed by atoms with Gasteiger partial charge in [0.15, 0.2) is 0 Å². The Morgan fingerprint density at radius 3 is 2.72 bits per heavy atom. The molecule has 3 rings (SSSR count). The third-order valence-corrected chi connectivity index (χ3v) is 4.15. The molecule has 2 N–H and O–H groups in total. The summed E-state index contributed by atoms with van der Waals surface area (Å²) >= 11 is 3.13. The van der Waals surface area contributed by atoms with Crippen LogP contribution in [0.15, 0.2) is 56.5 Å².